The van der Waals surface area contributed by atoms with Crippen LogP contribution in [0.1, 0.15) is 52.4 Å². The quantitative estimate of drug-likeness (QED) is 0.429. The van der Waals surface area contributed by atoms with E-state index in [2.05, 4.69) is 0 Å². The summed E-state index contributed by atoms with van der Waals surface area (Å²) in [6.07, 6.45) is 9.31. The van der Waals surface area contributed by atoms with Gasteiger partial charge in [-0.2, -0.15) is 5.26 Å². The van der Waals surface area contributed by atoms with Crippen LogP contribution < -0.4 is 0 Å². The molecular weight excluding hydrogens is 228 g/mol. The zero-order valence-corrected chi connectivity index (χ0v) is 11.7. The van der Waals surface area contributed by atoms with E-state index >= 15 is 0 Å². The van der Waals surface area contributed by atoms with E-state index in [-0.39, 0.29) is 12.1 Å². The predicted molar refractivity (Wildman–Crippen MR) is 69.6 cm³/mol. The second-order valence-electron chi connectivity index (χ2n) is 5.37. The third kappa shape index (κ3) is 4.56. The lowest BCUT2D eigenvalue weighted by Crippen LogP contribution is -2.36. The van der Waals surface area contributed by atoms with Gasteiger partial charge in [-0.3, -0.25) is 4.90 Å². The van der Waals surface area contributed by atoms with Gasteiger partial charge in [0.25, 0.3) is 0 Å². The predicted octanol–water partition coefficient (Wildman–Crippen LogP) is 2.69. The summed E-state index contributed by atoms with van der Waals surface area (Å²) >= 11 is 0. The average molecular weight is 252 g/mol. The van der Waals surface area contributed by atoms with Crippen molar-refractivity contribution in [3.8, 4) is 6.19 Å². The van der Waals surface area contributed by atoms with Crippen molar-refractivity contribution in [2.45, 2.75) is 64.5 Å². The Morgan fingerprint density at radius 1 is 1.39 bits per heavy atom. The molecule has 0 aliphatic heterocycles. The molecule has 0 aromatic carbocycles. The normalized spacial score (nSPS) is 19.7. The second-order valence-corrected chi connectivity index (χ2v) is 5.37. The number of rotatable bonds is 5. The number of nitrogens with zero attached hydrogens (tertiary/aromatic N) is 2. The Balaban J connectivity index is 2.32. The molecule has 0 unspecified atom stereocenters. The number of likely N-dealkylation sites (N-methyl/N-ethyl adjacent to an activating group) is 1. The highest BCUT2D eigenvalue weighted by molar-refractivity contribution is 5.75. The number of hydrogen-bond acceptors (Lipinski definition) is 4. The molecule has 0 heterocycles. The first-order valence-corrected chi connectivity index (χ1v) is 6.87. The fourth-order valence-electron chi connectivity index (χ4n) is 2.48. The average Bonchev–Trinajstić information content (AvgIpc) is 2.37. The lowest BCUT2D eigenvalue weighted by molar-refractivity contribution is -0.153. The van der Waals surface area contributed by atoms with Crippen LogP contribution in [0, 0.1) is 17.4 Å². The van der Waals surface area contributed by atoms with Crippen LogP contribution in [0.25, 0.3) is 0 Å². The minimum atomic E-state index is -0.496. The summed E-state index contributed by atoms with van der Waals surface area (Å²) in [5.74, 6) is 0.396. The maximum absolute atomic E-state index is 11.8. The van der Waals surface area contributed by atoms with E-state index in [1.54, 1.807) is 14.0 Å². The van der Waals surface area contributed by atoms with Gasteiger partial charge in [-0.25, -0.2) is 4.79 Å². The van der Waals surface area contributed by atoms with Crippen LogP contribution in [0.15, 0.2) is 0 Å². The van der Waals surface area contributed by atoms with Crippen molar-refractivity contribution in [3.63, 3.8) is 0 Å². The highest BCUT2D eigenvalue weighted by Gasteiger charge is 2.23. The van der Waals surface area contributed by atoms with Crippen LogP contribution in [-0.2, 0) is 9.53 Å². The number of esters is 1. The number of ether oxygens (including phenoxy) is 1. The Labute approximate surface area is 110 Å². The van der Waals surface area contributed by atoms with Crippen LogP contribution in [0.2, 0.25) is 0 Å². The molecule has 18 heavy (non-hydrogen) atoms. The Morgan fingerprint density at radius 3 is 2.56 bits per heavy atom. The van der Waals surface area contributed by atoms with Crippen molar-refractivity contribution in [2.24, 2.45) is 5.92 Å². The fourth-order valence-corrected chi connectivity index (χ4v) is 2.48. The van der Waals surface area contributed by atoms with Gasteiger partial charge in [0.2, 0.25) is 0 Å². The summed E-state index contributed by atoms with van der Waals surface area (Å²) in [7, 11) is 1.59. The SMILES string of the molecule is C[C@@H](CC1CCCCC1)OC(=O)[C@H](C)N(C)C#N. The van der Waals surface area contributed by atoms with Crippen LogP contribution >= 0.6 is 0 Å². The topological polar surface area (TPSA) is 53.3 Å². The van der Waals surface area contributed by atoms with E-state index < -0.39 is 6.04 Å². The number of carbonyl (C=O) groups excluding carboxylic acids is 1. The van der Waals surface area contributed by atoms with Crippen molar-refractivity contribution in [1.29, 1.82) is 5.26 Å². The first-order chi connectivity index (χ1) is 8.54. The highest BCUT2D eigenvalue weighted by Crippen LogP contribution is 2.28. The monoisotopic (exact) mass is 252 g/mol. The van der Waals surface area contributed by atoms with Crippen molar-refractivity contribution < 1.29 is 9.53 Å². The molecule has 1 aliphatic carbocycles. The molecule has 0 saturated heterocycles. The molecule has 0 amide bonds. The van der Waals surface area contributed by atoms with E-state index in [4.69, 9.17) is 10.00 Å². The summed E-state index contributed by atoms with van der Waals surface area (Å²) < 4.78 is 5.41. The molecule has 102 valence electrons. The van der Waals surface area contributed by atoms with Crippen molar-refractivity contribution >= 4 is 5.97 Å². The zero-order chi connectivity index (χ0) is 13.5. The summed E-state index contributed by atoms with van der Waals surface area (Å²) in [6, 6.07) is -0.496. The number of carbonyl (C=O) groups is 1. The van der Waals surface area contributed by atoms with Gasteiger partial charge in [-0.15, -0.1) is 0 Å². The molecule has 4 nitrogen and oxygen atoms in total. The maximum atomic E-state index is 11.8. The van der Waals surface area contributed by atoms with Gasteiger partial charge >= 0.3 is 5.97 Å². The standard InChI is InChI=1S/C14H24N2O2/c1-11(9-13-7-5-4-6-8-13)18-14(17)12(2)16(3)10-15/h11-13H,4-9H2,1-3H3/t11-,12-/m0/s1. The summed E-state index contributed by atoms with van der Waals surface area (Å²) in [6.45, 7) is 3.64. The van der Waals surface area contributed by atoms with E-state index in [1.807, 2.05) is 13.1 Å². The van der Waals surface area contributed by atoms with Crippen LogP contribution in [0.3, 0.4) is 0 Å². The van der Waals surface area contributed by atoms with Gasteiger partial charge in [-0.05, 0) is 26.2 Å². The van der Waals surface area contributed by atoms with Crippen LogP contribution in [0.5, 0.6) is 0 Å². The van der Waals surface area contributed by atoms with Gasteiger partial charge in [0.05, 0.1) is 6.10 Å². The highest BCUT2D eigenvalue weighted by atomic mass is 16.5. The van der Waals surface area contributed by atoms with Gasteiger partial charge in [0.15, 0.2) is 6.19 Å². The molecule has 0 radical (unpaired) electrons. The summed E-state index contributed by atoms with van der Waals surface area (Å²) in [5, 5.41) is 8.72. The van der Waals surface area contributed by atoms with Gasteiger partial charge in [0.1, 0.15) is 6.04 Å². The molecule has 1 aliphatic rings. The Kier molecular flexibility index (Phi) is 5.97. The Bertz CT molecular complexity index is 305. The van der Waals surface area contributed by atoms with Crippen molar-refractivity contribution in [1.82, 2.24) is 4.90 Å². The zero-order valence-electron chi connectivity index (χ0n) is 11.7. The van der Waals surface area contributed by atoms with E-state index in [0.717, 1.165) is 6.42 Å². The lowest BCUT2D eigenvalue weighted by Gasteiger charge is -2.26. The number of nitriles is 1. The molecule has 0 spiro atoms. The van der Waals surface area contributed by atoms with E-state index in [1.165, 1.54) is 37.0 Å². The minimum Gasteiger partial charge on any atom is -0.461 e. The van der Waals surface area contributed by atoms with Crippen LogP contribution in [-0.4, -0.2) is 30.1 Å². The van der Waals surface area contributed by atoms with Gasteiger partial charge < -0.3 is 4.74 Å². The summed E-state index contributed by atoms with van der Waals surface area (Å²) in [4.78, 5) is 13.1. The van der Waals surface area contributed by atoms with Gasteiger partial charge in [0, 0.05) is 7.05 Å². The molecule has 2 atom stereocenters. The molecule has 0 aromatic heterocycles. The first kappa shape index (κ1) is 14.8. The fraction of sp³-hybridized carbons (Fsp3) is 0.857. The summed E-state index contributed by atoms with van der Waals surface area (Å²) in [5.41, 5.74) is 0. The molecule has 1 saturated carbocycles. The number of hydrogen-bond donors (Lipinski definition) is 0. The minimum absolute atomic E-state index is 0.0462. The molecule has 1 rings (SSSR count). The van der Waals surface area contributed by atoms with Gasteiger partial charge in [-0.1, -0.05) is 32.1 Å². The molecule has 1 fully saturated rings. The largest absolute Gasteiger partial charge is 0.461 e. The smallest absolute Gasteiger partial charge is 0.329 e. The molecule has 0 bridgehead atoms. The van der Waals surface area contributed by atoms with Crippen LogP contribution in [0.4, 0.5) is 0 Å². The Morgan fingerprint density at radius 2 is 2.00 bits per heavy atom. The molecule has 4 heteroatoms. The first-order valence-electron chi connectivity index (χ1n) is 6.87. The molecular formula is C14H24N2O2. The van der Waals surface area contributed by atoms with Crippen molar-refractivity contribution in [3.05, 3.63) is 0 Å². The Hall–Kier alpha value is -1.24. The molecule has 0 aromatic rings. The van der Waals surface area contributed by atoms with Crippen molar-refractivity contribution in [2.75, 3.05) is 7.05 Å². The third-order valence-corrected chi connectivity index (χ3v) is 3.79. The third-order valence-electron chi connectivity index (χ3n) is 3.79. The van der Waals surface area contributed by atoms with E-state index in [9.17, 15) is 4.79 Å². The second kappa shape index (κ2) is 7.25. The molecule has 0 N–H and O–H groups in total. The lowest BCUT2D eigenvalue weighted by atomic mass is 9.86. The maximum Gasteiger partial charge on any atom is 0.329 e. The van der Waals surface area contributed by atoms with E-state index in [0.29, 0.717) is 5.92 Å².